The number of benzene rings is 1. The SMILES string of the molecule is CC1CCCC(CO)(NCc2cc(F)cc(C#N)c2)C1. The Hall–Kier alpha value is -1.44. The van der Waals surface area contributed by atoms with Gasteiger partial charge in [-0.2, -0.15) is 5.26 Å². The first kappa shape index (κ1) is 15.0. The quantitative estimate of drug-likeness (QED) is 0.889. The Bertz CT molecular complexity index is 512. The molecule has 0 saturated heterocycles. The van der Waals surface area contributed by atoms with Gasteiger partial charge in [-0.05, 0) is 42.5 Å². The monoisotopic (exact) mass is 276 g/mol. The van der Waals surface area contributed by atoms with Crippen LogP contribution in [0, 0.1) is 23.1 Å². The van der Waals surface area contributed by atoms with Crippen LogP contribution in [0.2, 0.25) is 0 Å². The smallest absolute Gasteiger partial charge is 0.124 e. The highest BCUT2D eigenvalue weighted by Crippen LogP contribution is 2.32. The minimum Gasteiger partial charge on any atom is -0.394 e. The number of hydrogen-bond donors (Lipinski definition) is 2. The maximum absolute atomic E-state index is 13.4. The Morgan fingerprint density at radius 2 is 2.30 bits per heavy atom. The fourth-order valence-corrected chi connectivity index (χ4v) is 3.13. The summed E-state index contributed by atoms with van der Waals surface area (Å²) in [5, 5.41) is 21.9. The predicted molar refractivity (Wildman–Crippen MR) is 75.4 cm³/mol. The summed E-state index contributed by atoms with van der Waals surface area (Å²) in [4.78, 5) is 0. The first-order valence-electron chi connectivity index (χ1n) is 7.12. The molecular weight excluding hydrogens is 255 g/mol. The average molecular weight is 276 g/mol. The van der Waals surface area contributed by atoms with Gasteiger partial charge in [0, 0.05) is 12.1 Å². The third-order valence-corrected chi connectivity index (χ3v) is 4.15. The van der Waals surface area contributed by atoms with Gasteiger partial charge in [0.2, 0.25) is 0 Å². The average Bonchev–Trinajstić information content (AvgIpc) is 2.44. The van der Waals surface area contributed by atoms with Crippen LogP contribution in [0.4, 0.5) is 4.39 Å². The third-order valence-electron chi connectivity index (χ3n) is 4.15. The van der Waals surface area contributed by atoms with Crippen molar-refractivity contribution in [3.05, 3.63) is 35.1 Å². The highest BCUT2D eigenvalue weighted by Gasteiger charge is 2.33. The Labute approximate surface area is 119 Å². The molecule has 3 nitrogen and oxygen atoms in total. The Morgan fingerprint density at radius 3 is 2.95 bits per heavy atom. The molecule has 0 aromatic heterocycles. The number of nitrogens with one attached hydrogen (secondary N) is 1. The molecule has 0 spiro atoms. The van der Waals surface area contributed by atoms with E-state index in [1.165, 1.54) is 18.6 Å². The summed E-state index contributed by atoms with van der Waals surface area (Å²) >= 11 is 0. The van der Waals surface area contributed by atoms with E-state index >= 15 is 0 Å². The number of aliphatic hydroxyl groups is 1. The zero-order valence-corrected chi connectivity index (χ0v) is 11.8. The first-order valence-corrected chi connectivity index (χ1v) is 7.12. The first-order chi connectivity index (χ1) is 9.57. The van der Waals surface area contributed by atoms with E-state index in [1.54, 1.807) is 6.07 Å². The van der Waals surface area contributed by atoms with Crippen molar-refractivity contribution in [1.82, 2.24) is 5.32 Å². The van der Waals surface area contributed by atoms with E-state index in [0.717, 1.165) is 24.8 Å². The van der Waals surface area contributed by atoms with Crippen molar-refractivity contribution in [2.45, 2.75) is 44.7 Å². The molecule has 1 aliphatic rings. The fourth-order valence-electron chi connectivity index (χ4n) is 3.13. The molecule has 1 fully saturated rings. The van der Waals surface area contributed by atoms with Crippen LogP contribution in [0.25, 0.3) is 0 Å². The lowest BCUT2D eigenvalue weighted by Gasteiger charge is -2.39. The molecule has 1 saturated carbocycles. The van der Waals surface area contributed by atoms with Crippen LogP contribution in [-0.2, 0) is 6.54 Å². The van der Waals surface area contributed by atoms with E-state index < -0.39 is 5.82 Å². The highest BCUT2D eigenvalue weighted by molar-refractivity contribution is 5.33. The molecule has 4 heteroatoms. The second kappa shape index (κ2) is 6.34. The van der Waals surface area contributed by atoms with E-state index in [-0.39, 0.29) is 12.1 Å². The van der Waals surface area contributed by atoms with Gasteiger partial charge in [-0.15, -0.1) is 0 Å². The van der Waals surface area contributed by atoms with Gasteiger partial charge < -0.3 is 10.4 Å². The van der Waals surface area contributed by atoms with E-state index in [4.69, 9.17) is 5.26 Å². The van der Waals surface area contributed by atoms with E-state index in [9.17, 15) is 9.50 Å². The number of nitrogens with zero attached hydrogens (tertiary/aromatic N) is 1. The molecule has 0 bridgehead atoms. The number of nitriles is 1. The summed E-state index contributed by atoms with van der Waals surface area (Å²) in [7, 11) is 0. The topological polar surface area (TPSA) is 56.0 Å². The predicted octanol–water partition coefficient (Wildman–Crippen LogP) is 2.73. The van der Waals surface area contributed by atoms with Crippen LogP contribution in [0.5, 0.6) is 0 Å². The van der Waals surface area contributed by atoms with E-state index in [2.05, 4.69) is 12.2 Å². The molecule has 20 heavy (non-hydrogen) atoms. The van der Waals surface area contributed by atoms with Crippen molar-refractivity contribution in [3.8, 4) is 6.07 Å². The number of hydrogen-bond acceptors (Lipinski definition) is 3. The number of halogens is 1. The lowest BCUT2D eigenvalue weighted by atomic mass is 9.77. The highest BCUT2D eigenvalue weighted by atomic mass is 19.1. The summed E-state index contributed by atoms with van der Waals surface area (Å²) < 4.78 is 13.4. The minimum absolute atomic E-state index is 0.0950. The van der Waals surface area contributed by atoms with Crippen molar-refractivity contribution < 1.29 is 9.50 Å². The summed E-state index contributed by atoms with van der Waals surface area (Å²) in [5.41, 5.74) is 0.807. The largest absolute Gasteiger partial charge is 0.394 e. The summed E-state index contributed by atoms with van der Waals surface area (Å²) in [6.07, 6.45) is 4.17. The van der Waals surface area contributed by atoms with Crippen molar-refractivity contribution in [2.24, 2.45) is 5.92 Å². The molecule has 1 aliphatic carbocycles. The zero-order chi connectivity index (χ0) is 14.6. The van der Waals surface area contributed by atoms with E-state index in [0.29, 0.717) is 18.0 Å². The summed E-state index contributed by atoms with van der Waals surface area (Å²) in [6.45, 7) is 2.76. The summed E-state index contributed by atoms with van der Waals surface area (Å²) in [6, 6.07) is 6.31. The molecule has 2 atom stereocenters. The second-order valence-corrected chi connectivity index (χ2v) is 5.95. The number of aliphatic hydroxyl groups excluding tert-OH is 1. The van der Waals surface area contributed by atoms with Crippen molar-refractivity contribution >= 4 is 0 Å². The molecule has 0 aliphatic heterocycles. The van der Waals surface area contributed by atoms with Gasteiger partial charge in [0.15, 0.2) is 0 Å². The van der Waals surface area contributed by atoms with Gasteiger partial charge in [-0.25, -0.2) is 4.39 Å². The molecule has 2 N–H and O–H groups in total. The molecule has 108 valence electrons. The van der Waals surface area contributed by atoms with Crippen LogP contribution < -0.4 is 5.32 Å². The third kappa shape index (κ3) is 3.56. The normalized spacial score (nSPS) is 26.2. The second-order valence-electron chi connectivity index (χ2n) is 5.95. The molecule has 1 aromatic rings. The van der Waals surface area contributed by atoms with Gasteiger partial charge >= 0.3 is 0 Å². The maximum Gasteiger partial charge on any atom is 0.124 e. The maximum atomic E-state index is 13.4. The molecule has 0 amide bonds. The van der Waals surface area contributed by atoms with Crippen molar-refractivity contribution in [2.75, 3.05) is 6.61 Å². The lowest BCUT2D eigenvalue weighted by molar-refractivity contribution is 0.0982. The molecular formula is C16H21FN2O. The molecule has 1 aromatic carbocycles. The van der Waals surface area contributed by atoms with Gasteiger partial charge in [0.05, 0.1) is 18.2 Å². The Morgan fingerprint density at radius 1 is 1.50 bits per heavy atom. The fraction of sp³-hybridized carbons (Fsp3) is 0.562. The van der Waals surface area contributed by atoms with Crippen LogP contribution in [0.1, 0.15) is 43.7 Å². The standard InChI is InChI=1S/C16H21FN2O/c1-12-3-2-4-16(8-12,11-20)19-10-14-5-13(9-18)6-15(17)7-14/h5-7,12,19-20H,2-4,8,10-11H2,1H3. The van der Waals surface area contributed by atoms with Crippen molar-refractivity contribution in [3.63, 3.8) is 0 Å². The van der Waals surface area contributed by atoms with Gasteiger partial charge in [0.25, 0.3) is 0 Å². The molecule has 0 heterocycles. The van der Waals surface area contributed by atoms with Gasteiger partial charge in [-0.1, -0.05) is 19.8 Å². The van der Waals surface area contributed by atoms with Crippen LogP contribution in [0.3, 0.4) is 0 Å². The van der Waals surface area contributed by atoms with Crippen LogP contribution in [0.15, 0.2) is 18.2 Å². The van der Waals surface area contributed by atoms with Crippen LogP contribution >= 0.6 is 0 Å². The summed E-state index contributed by atoms with van der Waals surface area (Å²) in [5.74, 6) is 0.196. The Kier molecular flexibility index (Phi) is 4.74. The molecule has 0 radical (unpaired) electrons. The van der Waals surface area contributed by atoms with Gasteiger partial charge in [-0.3, -0.25) is 0 Å². The van der Waals surface area contributed by atoms with Gasteiger partial charge in [0.1, 0.15) is 5.82 Å². The molecule has 2 rings (SSSR count). The van der Waals surface area contributed by atoms with Crippen molar-refractivity contribution in [1.29, 1.82) is 5.26 Å². The minimum atomic E-state index is -0.393. The Balaban J connectivity index is 2.07. The van der Waals surface area contributed by atoms with Crippen LogP contribution in [-0.4, -0.2) is 17.3 Å². The zero-order valence-electron chi connectivity index (χ0n) is 11.8. The molecule has 2 unspecified atom stereocenters. The number of rotatable bonds is 4. The lowest BCUT2D eigenvalue weighted by Crippen LogP contribution is -2.51. The van der Waals surface area contributed by atoms with E-state index in [1.807, 2.05) is 6.07 Å².